The molecule has 1 saturated heterocycles. The Morgan fingerprint density at radius 3 is 2.48 bits per heavy atom. The van der Waals surface area contributed by atoms with E-state index < -0.39 is 10.0 Å². The van der Waals surface area contributed by atoms with Crippen molar-refractivity contribution in [3.8, 4) is 0 Å². The molecule has 0 amide bonds. The van der Waals surface area contributed by atoms with E-state index in [0.717, 1.165) is 17.7 Å². The van der Waals surface area contributed by atoms with Crippen LogP contribution in [-0.4, -0.2) is 36.6 Å². The number of nitrogens with zero attached hydrogens (tertiary/aromatic N) is 2. The zero-order valence-corrected chi connectivity index (χ0v) is 16.6. The van der Waals surface area contributed by atoms with E-state index in [-0.39, 0.29) is 17.4 Å². The third kappa shape index (κ3) is 3.74. The molecule has 1 aromatic heterocycles. The summed E-state index contributed by atoms with van der Waals surface area (Å²) in [6, 6.07) is 11.2. The first-order chi connectivity index (χ1) is 12.8. The van der Waals surface area contributed by atoms with Gasteiger partial charge in [0.1, 0.15) is 0 Å². The normalized spacial score (nSPS) is 22.7. The Balaban J connectivity index is 1.64. The van der Waals surface area contributed by atoms with Crippen molar-refractivity contribution in [1.29, 1.82) is 0 Å². The quantitative estimate of drug-likeness (QED) is 0.789. The summed E-state index contributed by atoms with van der Waals surface area (Å²) in [6.45, 7) is 1.51. The molecule has 2 aliphatic heterocycles. The second-order valence-electron chi connectivity index (χ2n) is 7.39. The van der Waals surface area contributed by atoms with E-state index >= 15 is 0 Å². The monoisotopic (exact) mass is 404 g/mol. The van der Waals surface area contributed by atoms with Crippen molar-refractivity contribution in [2.75, 3.05) is 19.3 Å². The fourth-order valence-corrected chi connectivity index (χ4v) is 5.13. The van der Waals surface area contributed by atoms with Crippen LogP contribution in [0.4, 0.5) is 0 Å². The van der Waals surface area contributed by atoms with Gasteiger partial charge in [0.05, 0.1) is 6.26 Å². The van der Waals surface area contributed by atoms with Gasteiger partial charge in [-0.1, -0.05) is 29.8 Å². The van der Waals surface area contributed by atoms with Crippen molar-refractivity contribution in [2.24, 2.45) is 5.92 Å². The second kappa shape index (κ2) is 6.93. The van der Waals surface area contributed by atoms with Crippen LogP contribution in [-0.2, 0) is 16.6 Å². The Bertz CT molecular complexity index is 1060. The van der Waals surface area contributed by atoms with Crippen LogP contribution in [0, 0.1) is 5.92 Å². The summed E-state index contributed by atoms with van der Waals surface area (Å²) in [5.41, 5.74) is 2.53. The lowest BCUT2D eigenvalue weighted by Gasteiger charge is -2.41. The van der Waals surface area contributed by atoms with Gasteiger partial charge in [0.25, 0.3) is 5.56 Å². The number of sulfonamides is 1. The van der Waals surface area contributed by atoms with Crippen LogP contribution in [0.2, 0.25) is 5.02 Å². The SMILES string of the molecule is CS(=O)(=O)N1C[C@@H]2C[C@H](C1)c1ccc(/C=C/c3ccc(Cl)cc3)c(=O)n1C2. The second-order valence-corrected chi connectivity index (χ2v) is 9.81. The first-order valence-electron chi connectivity index (χ1n) is 8.94. The molecule has 2 aromatic rings. The number of halogens is 1. The summed E-state index contributed by atoms with van der Waals surface area (Å²) in [5, 5.41) is 0.677. The van der Waals surface area contributed by atoms with Crippen molar-refractivity contribution in [3.63, 3.8) is 0 Å². The maximum atomic E-state index is 13.0. The Kier molecular flexibility index (Phi) is 4.74. The number of piperidine rings is 1. The maximum absolute atomic E-state index is 13.0. The smallest absolute Gasteiger partial charge is 0.258 e. The fraction of sp³-hybridized carbons (Fsp3) is 0.350. The molecule has 27 heavy (non-hydrogen) atoms. The van der Waals surface area contributed by atoms with E-state index in [9.17, 15) is 13.2 Å². The van der Waals surface area contributed by atoms with Gasteiger partial charge in [0.15, 0.2) is 0 Å². The Hall–Kier alpha value is -1.89. The van der Waals surface area contributed by atoms with E-state index in [1.54, 1.807) is 4.31 Å². The molecule has 4 rings (SSSR count). The highest BCUT2D eigenvalue weighted by Crippen LogP contribution is 2.36. The molecule has 0 aliphatic carbocycles. The molecule has 0 radical (unpaired) electrons. The highest BCUT2D eigenvalue weighted by molar-refractivity contribution is 7.88. The minimum absolute atomic E-state index is 0.0137. The average molecular weight is 405 g/mol. The zero-order valence-electron chi connectivity index (χ0n) is 15.0. The molecule has 2 atom stereocenters. The molecule has 2 bridgehead atoms. The molecule has 1 aromatic carbocycles. The highest BCUT2D eigenvalue weighted by atomic mass is 35.5. The van der Waals surface area contributed by atoms with E-state index in [1.165, 1.54) is 6.26 Å². The van der Waals surface area contributed by atoms with Crippen molar-refractivity contribution < 1.29 is 8.42 Å². The minimum atomic E-state index is -3.21. The minimum Gasteiger partial charge on any atom is -0.311 e. The van der Waals surface area contributed by atoms with Crippen LogP contribution in [0.5, 0.6) is 0 Å². The molecule has 0 unspecified atom stereocenters. The highest BCUT2D eigenvalue weighted by Gasteiger charge is 2.37. The van der Waals surface area contributed by atoms with Gasteiger partial charge in [0.2, 0.25) is 10.0 Å². The Morgan fingerprint density at radius 2 is 1.78 bits per heavy atom. The third-order valence-corrected chi connectivity index (χ3v) is 6.88. The Labute approximate surface area is 163 Å². The van der Waals surface area contributed by atoms with Crippen molar-refractivity contribution in [1.82, 2.24) is 8.87 Å². The first kappa shape index (κ1) is 18.5. The van der Waals surface area contributed by atoms with E-state index in [0.29, 0.717) is 30.2 Å². The largest absolute Gasteiger partial charge is 0.311 e. The van der Waals surface area contributed by atoms with Gasteiger partial charge in [-0.2, -0.15) is 0 Å². The van der Waals surface area contributed by atoms with Gasteiger partial charge in [-0.15, -0.1) is 0 Å². The van der Waals surface area contributed by atoms with Gasteiger partial charge in [-0.25, -0.2) is 12.7 Å². The molecular formula is C20H21ClN2O3S. The number of fused-ring (bicyclic) bond motifs is 4. The summed E-state index contributed by atoms with van der Waals surface area (Å²) in [4.78, 5) is 13.0. The molecule has 0 saturated carbocycles. The van der Waals surface area contributed by atoms with Crippen molar-refractivity contribution in [2.45, 2.75) is 18.9 Å². The third-order valence-electron chi connectivity index (χ3n) is 5.39. The maximum Gasteiger partial charge on any atom is 0.258 e. The molecule has 7 heteroatoms. The van der Waals surface area contributed by atoms with Crippen molar-refractivity contribution >= 4 is 33.8 Å². The van der Waals surface area contributed by atoms with Gasteiger partial charge in [0, 0.05) is 41.8 Å². The molecular weight excluding hydrogens is 384 g/mol. The average Bonchev–Trinajstić information content (AvgIpc) is 2.62. The van der Waals surface area contributed by atoms with Crippen LogP contribution < -0.4 is 5.56 Å². The van der Waals surface area contributed by atoms with Crippen molar-refractivity contribution in [3.05, 3.63) is 68.6 Å². The van der Waals surface area contributed by atoms with Crippen LogP contribution in [0.15, 0.2) is 41.2 Å². The molecule has 0 N–H and O–H groups in total. The lowest BCUT2D eigenvalue weighted by molar-refractivity contribution is 0.187. The molecule has 142 valence electrons. The number of benzene rings is 1. The van der Waals surface area contributed by atoms with Gasteiger partial charge >= 0.3 is 0 Å². The van der Waals surface area contributed by atoms with Crippen LogP contribution in [0.25, 0.3) is 12.2 Å². The fourth-order valence-electron chi connectivity index (χ4n) is 4.08. The van der Waals surface area contributed by atoms with E-state index in [4.69, 9.17) is 11.6 Å². The number of aromatic nitrogens is 1. The number of pyridine rings is 1. The van der Waals surface area contributed by atoms with Gasteiger partial charge in [-0.05, 0) is 48.2 Å². The Morgan fingerprint density at radius 1 is 1.04 bits per heavy atom. The van der Waals surface area contributed by atoms with Gasteiger partial charge in [-0.3, -0.25) is 4.79 Å². The molecule has 1 fully saturated rings. The van der Waals surface area contributed by atoms with E-state index in [2.05, 4.69) is 0 Å². The molecule has 3 heterocycles. The topological polar surface area (TPSA) is 59.4 Å². The van der Waals surface area contributed by atoms with Crippen LogP contribution in [0.1, 0.15) is 29.2 Å². The zero-order chi connectivity index (χ0) is 19.2. The standard InChI is InChI=1S/C20H21ClN2O3S/c1-27(25,26)22-11-15-10-17(13-22)19-9-6-16(20(24)23(19)12-15)5-2-14-3-7-18(21)8-4-14/h2-9,15,17H,10-13H2,1H3/b5-2+/t15-,17+/m0/s1. The lowest BCUT2D eigenvalue weighted by atomic mass is 9.84. The predicted octanol–water partition coefficient (Wildman–Crippen LogP) is 3.05. The summed E-state index contributed by atoms with van der Waals surface area (Å²) < 4.78 is 27.2. The number of rotatable bonds is 3. The molecule has 2 aliphatic rings. The van der Waals surface area contributed by atoms with Crippen LogP contribution >= 0.6 is 11.6 Å². The van der Waals surface area contributed by atoms with Crippen LogP contribution in [0.3, 0.4) is 0 Å². The summed E-state index contributed by atoms with van der Waals surface area (Å²) >= 11 is 5.90. The summed E-state index contributed by atoms with van der Waals surface area (Å²) in [7, 11) is -3.21. The number of hydrogen-bond donors (Lipinski definition) is 0. The number of hydrogen-bond acceptors (Lipinski definition) is 3. The lowest BCUT2D eigenvalue weighted by Crippen LogP contribution is -2.49. The predicted molar refractivity (Wildman–Crippen MR) is 108 cm³/mol. The first-order valence-corrected chi connectivity index (χ1v) is 11.2. The van der Waals surface area contributed by atoms with Gasteiger partial charge < -0.3 is 4.57 Å². The summed E-state index contributed by atoms with van der Waals surface area (Å²) in [6.07, 6.45) is 5.91. The molecule has 5 nitrogen and oxygen atoms in total. The van der Waals surface area contributed by atoms with E-state index in [1.807, 2.05) is 53.1 Å². The summed E-state index contributed by atoms with van der Waals surface area (Å²) in [5.74, 6) is 0.258. The molecule has 0 spiro atoms.